The number of aryl methyl sites for hydroxylation is 1. The Balaban J connectivity index is 2.48. The number of benzene rings is 1. The first-order valence-corrected chi connectivity index (χ1v) is 9.80. The first-order chi connectivity index (χ1) is 11.5. The largest absolute Gasteiger partial charge is 0.383 e. The summed E-state index contributed by atoms with van der Waals surface area (Å²) in [7, 11) is -0.337. The van der Waals surface area contributed by atoms with E-state index in [1.165, 1.54) is 4.90 Å². The molecule has 1 aromatic carbocycles. The monoisotopic (exact) mass is 357 g/mol. The second-order valence-electron chi connectivity index (χ2n) is 5.55. The number of hydrogen-bond acceptors (Lipinski definition) is 5. The third kappa shape index (κ3) is 8.42. The summed E-state index contributed by atoms with van der Waals surface area (Å²) in [5.74, 6) is -0.852. The maximum Gasteiger partial charge on any atom is 0.237 e. The van der Waals surface area contributed by atoms with Gasteiger partial charge in [0.05, 0.1) is 19.0 Å². The van der Waals surface area contributed by atoms with E-state index in [-0.39, 0.29) is 5.75 Å². The van der Waals surface area contributed by atoms with Crippen molar-refractivity contribution in [2.45, 2.75) is 12.8 Å². The van der Waals surface area contributed by atoms with Crippen molar-refractivity contribution in [3.8, 4) is 0 Å². The van der Waals surface area contributed by atoms with Gasteiger partial charge in [0, 0.05) is 27.3 Å². The fraction of sp³-hybridized carbons (Fsp3) is 0.588. The summed E-state index contributed by atoms with van der Waals surface area (Å²) in [6, 6.07) is 9.71. The summed E-state index contributed by atoms with van der Waals surface area (Å²) in [5, 5.41) is 0. The minimum atomic E-state index is -3.42. The summed E-state index contributed by atoms with van der Waals surface area (Å²) >= 11 is 0. The van der Waals surface area contributed by atoms with E-state index in [2.05, 4.69) is 0 Å². The van der Waals surface area contributed by atoms with Crippen LogP contribution in [0.15, 0.2) is 30.3 Å². The van der Waals surface area contributed by atoms with Gasteiger partial charge in [-0.2, -0.15) is 0 Å². The lowest BCUT2D eigenvalue weighted by Crippen LogP contribution is -2.40. The van der Waals surface area contributed by atoms with Crippen LogP contribution in [-0.2, 0) is 30.5 Å². The van der Waals surface area contributed by atoms with Crippen LogP contribution in [0.25, 0.3) is 0 Å². The number of carbonyl (C=O) groups is 1. The molecule has 1 rings (SSSR count). The van der Waals surface area contributed by atoms with E-state index in [0.717, 1.165) is 5.56 Å². The van der Waals surface area contributed by atoms with E-state index in [0.29, 0.717) is 39.1 Å². The average Bonchev–Trinajstić information content (AvgIpc) is 2.55. The number of ether oxygens (including phenoxy) is 2. The van der Waals surface area contributed by atoms with E-state index in [1.54, 1.807) is 14.2 Å². The highest BCUT2D eigenvalue weighted by molar-refractivity contribution is 7.92. The van der Waals surface area contributed by atoms with Crippen molar-refractivity contribution in [3.05, 3.63) is 35.9 Å². The third-order valence-electron chi connectivity index (χ3n) is 3.59. The minimum absolute atomic E-state index is 0.00995. The number of methoxy groups -OCH3 is 2. The van der Waals surface area contributed by atoms with Gasteiger partial charge in [0.2, 0.25) is 5.91 Å². The topological polar surface area (TPSA) is 72.9 Å². The second kappa shape index (κ2) is 11.2. The quantitative estimate of drug-likeness (QED) is 0.561. The van der Waals surface area contributed by atoms with Gasteiger partial charge in [-0.25, -0.2) is 8.42 Å². The molecule has 0 aliphatic rings. The van der Waals surface area contributed by atoms with Crippen molar-refractivity contribution >= 4 is 15.7 Å². The smallest absolute Gasteiger partial charge is 0.237 e. The molecule has 1 aromatic rings. The number of nitrogens with zero attached hydrogens (tertiary/aromatic N) is 1. The van der Waals surface area contributed by atoms with Gasteiger partial charge in [0.1, 0.15) is 5.75 Å². The van der Waals surface area contributed by atoms with Crippen LogP contribution >= 0.6 is 0 Å². The zero-order chi connectivity index (χ0) is 17.8. The highest BCUT2D eigenvalue weighted by atomic mass is 32.2. The summed E-state index contributed by atoms with van der Waals surface area (Å²) in [6.07, 6.45) is 1.20. The van der Waals surface area contributed by atoms with Crippen molar-refractivity contribution in [2.24, 2.45) is 0 Å². The van der Waals surface area contributed by atoms with Gasteiger partial charge in [0.15, 0.2) is 9.84 Å². The zero-order valence-corrected chi connectivity index (χ0v) is 15.3. The van der Waals surface area contributed by atoms with Crippen LogP contribution in [-0.4, -0.2) is 71.3 Å². The van der Waals surface area contributed by atoms with Gasteiger partial charge >= 0.3 is 0 Å². The SMILES string of the molecule is COCCN(CCOC)C(=O)CS(=O)(=O)CCCc1ccccc1. The maximum atomic E-state index is 12.2. The molecule has 24 heavy (non-hydrogen) atoms. The molecule has 0 saturated carbocycles. The van der Waals surface area contributed by atoms with Crippen LogP contribution in [0, 0.1) is 0 Å². The first-order valence-electron chi connectivity index (χ1n) is 7.98. The van der Waals surface area contributed by atoms with E-state index < -0.39 is 21.5 Å². The molecule has 0 radical (unpaired) electrons. The van der Waals surface area contributed by atoms with Crippen molar-refractivity contribution in [1.29, 1.82) is 0 Å². The minimum Gasteiger partial charge on any atom is -0.383 e. The summed E-state index contributed by atoms with van der Waals surface area (Å²) < 4.78 is 34.3. The van der Waals surface area contributed by atoms with Crippen LogP contribution in [0.4, 0.5) is 0 Å². The lowest BCUT2D eigenvalue weighted by atomic mass is 10.1. The number of amides is 1. The van der Waals surface area contributed by atoms with Crippen LogP contribution in [0.2, 0.25) is 0 Å². The van der Waals surface area contributed by atoms with E-state index >= 15 is 0 Å². The van der Waals surface area contributed by atoms with Gasteiger partial charge in [-0.05, 0) is 18.4 Å². The Bertz CT molecular complexity index is 566. The second-order valence-corrected chi connectivity index (χ2v) is 7.73. The molecule has 0 heterocycles. The predicted octanol–water partition coefficient (Wildman–Crippen LogP) is 1.16. The average molecular weight is 357 g/mol. The zero-order valence-electron chi connectivity index (χ0n) is 14.4. The normalized spacial score (nSPS) is 11.4. The lowest BCUT2D eigenvalue weighted by molar-refractivity contribution is -0.129. The Morgan fingerprint density at radius 2 is 1.62 bits per heavy atom. The molecule has 7 heteroatoms. The van der Waals surface area contributed by atoms with Gasteiger partial charge in [-0.15, -0.1) is 0 Å². The molecule has 0 N–H and O–H groups in total. The summed E-state index contributed by atoms with van der Waals surface area (Å²) in [6.45, 7) is 1.45. The number of sulfone groups is 1. The van der Waals surface area contributed by atoms with Crippen LogP contribution in [0.5, 0.6) is 0 Å². The number of rotatable bonds is 12. The van der Waals surface area contributed by atoms with Crippen LogP contribution < -0.4 is 0 Å². The lowest BCUT2D eigenvalue weighted by Gasteiger charge is -2.22. The fourth-order valence-corrected chi connectivity index (χ4v) is 3.54. The van der Waals surface area contributed by atoms with Gasteiger partial charge in [-0.1, -0.05) is 30.3 Å². The third-order valence-corrected chi connectivity index (χ3v) is 5.19. The molecular weight excluding hydrogens is 330 g/mol. The van der Waals surface area contributed by atoms with Crippen molar-refractivity contribution in [3.63, 3.8) is 0 Å². The molecule has 1 amide bonds. The molecule has 0 atom stereocenters. The molecule has 0 spiro atoms. The maximum absolute atomic E-state index is 12.2. The Morgan fingerprint density at radius 3 is 2.17 bits per heavy atom. The number of carbonyl (C=O) groups excluding carboxylic acids is 1. The predicted molar refractivity (Wildman–Crippen MR) is 93.7 cm³/mol. The summed E-state index contributed by atoms with van der Waals surface area (Å²) in [4.78, 5) is 13.7. The van der Waals surface area contributed by atoms with Crippen molar-refractivity contribution < 1.29 is 22.7 Å². The molecule has 0 saturated heterocycles. The van der Waals surface area contributed by atoms with Crippen molar-refractivity contribution in [2.75, 3.05) is 52.0 Å². The summed E-state index contributed by atoms with van der Waals surface area (Å²) in [5.41, 5.74) is 1.10. The molecule has 0 bridgehead atoms. The standard InChI is InChI=1S/C17H27NO5S/c1-22-12-10-18(11-13-23-2)17(19)15-24(20,21)14-6-9-16-7-4-3-5-8-16/h3-5,7-8H,6,9-15H2,1-2H3. The molecule has 6 nitrogen and oxygen atoms in total. The Labute approximate surface area is 144 Å². The molecule has 0 aliphatic heterocycles. The molecule has 0 aliphatic carbocycles. The van der Waals surface area contributed by atoms with Gasteiger partial charge in [-0.3, -0.25) is 4.79 Å². The Kier molecular flexibility index (Phi) is 9.59. The highest BCUT2D eigenvalue weighted by Gasteiger charge is 2.21. The molecular formula is C17H27NO5S. The van der Waals surface area contributed by atoms with E-state index in [1.807, 2.05) is 30.3 Å². The van der Waals surface area contributed by atoms with Gasteiger partial charge < -0.3 is 14.4 Å². The van der Waals surface area contributed by atoms with E-state index in [9.17, 15) is 13.2 Å². The molecule has 136 valence electrons. The molecule has 0 fully saturated rings. The van der Waals surface area contributed by atoms with Gasteiger partial charge in [0.25, 0.3) is 0 Å². The Morgan fingerprint density at radius 1 is 1.04 bits per heavy atom. The van der Waals surface area contributed by atoms with Crippen LogP contribution in [0.1, 0.15) is 12.0 Å². The Hall–Kier alpha value is -1.44. The highest BCUT2D eigenvalue weighted by Crippen LogP contribution is 2.05. The first kappa shape index (κ1) is 20.6. The fourth-order valence-electron chi connectivity index (χ4n) is 2.26. The molecule has 0 unspecified atom stereocenters. The van der Waals surface area contributed by atoms with E-state index in [4.69, 9.17) is 9.47 Å². The molecule has 0 aromatic heterocycles. The van der Waals surface area contributed by atoms with Crippen LogP contribution in [0.3, 0.4) is 0 Å². The van der Waals surface area contributed by atoms with Crippen molar-refractivity contribution in [1.82, 2.24) is 4.90 Å². The number of hydrogen-bond donors (Lipinski definition) is 0.